The summed E-state index contributed by atoms with van der Waals surface area (Å²) < 4.78 is 5.78. The molecule has 1 saturated heterocycles. The topological polar surface area (TPSA) is 9.23 Å². The van der Waals surface area contributed by atoms with E-state index in [1.165, 1.54) is 82.8 Å². The molecule has 1 rings (SSSR count). The maximum Gasteiger partial charge on any atom is 0.0575 e. The second-order valence-corrected chi connectivity index (χ2v) is 7.91. The molecular weight excluding hydrogens is 264 g/mol. The molecule has 2 heteroatoms. The number of unbranched alkanes of at least 4 members (excludes halogenated alkanes) is 5. The quantitative estimate of drug-likeness (QED) is 0.396. The summed E-state index contributed by atoms with van der Waals surface area (Å²) in [4.78, 5) is 0. The first-order valence-electron chi connectivity index (χ1n) is 9.06. The van der Waals surface area contributed by atoms with Crippen LogP contribution in [0.3, 0.4) is 0 Å². The fraction of sp³-hybridized carbons (Fsp3) is 1.00. The highest BCUT2D eigenvalue weighted by atomic mass is 32.2. The van der Waals surface area contributed by atoms with Crippen LogP contribution in [0.4, 0.5) is 0 Å². The summed E-state index contributed by atoms with van der Waals surface area (Å²) in [5.41, 5.74) is 0. The molecule has 0 aromatic carbocycles. The molecule has 1 aliphatic rings. The predicted octanol–water partition coefficient (Wildman–Crippen LogP) is 6.21. The Morgan fingerprint density at radius 2 is 1.85 bits per heavy atom. The van der Waals surface area contributed by atoms with Gasteiger partial charge in [0.15, 0.2) is 0 Å². The summed E-state index contributed by atoms with van der Waals surface area (Å²) in [5.74, 6) is 1.37. The highest BCUT2D eigenvalue weighted by Crippen LogP contribution is 2.20. The minimum absolute atomic E-state index is 0.596. The van der Waals surface area contributed by atoms with Crippen LogP contribution in [0.1, 0.15) is 90.9 Å². The summed E-state index contributed by atoms with van der Waals surface area (Å²) in [6.07, 6.45) is 17.1. The first kappa shape index (κ1) is 18.4. The van der Waals surface area contributed by atoms with Gasteiger partial charge in [0.05, 0.1) is 6.10 Å². The fourth-order valence-electron chi connectivity index (χ4n) is 2.90. The number of rotatable bonds is 12. The molecule has 0 aliphatic carbocycles. The van der Waals surface area contributed by atoms with Gasteiger partial charge in [0.1, 0.15) is 0 Å². The van der Waals surface area contributed by atoms with E-state index < -0.39 is 0 Å². The standard InChI is InChI=1S/C18H36OS/c1-3-4-12-17(2)20-16-11-7-5-6-8-13-18-14-9-10-15-19-18/h17-18H,3-16H2,1-2H3. The second kappa shape index (κ2) is 13.0. The van der Waals surface area contributed by atoms with Gasteiger partial charge < -0.3 is 4.74 Å². The van der Waals surface area contributed by atoms with E-state index >= 15 is 0 Å². The molecule has 0 aromatic rings. The lowest BCUT2D eigenvalue weighted by molar-refractivity contribution is 0.00977. The molecule has 1 aliphatic heterocycles. The second-order valence-electron chi connectivity index (χ2n) is 6.37. The molecule has 2 unspecified atom stereocenters. The highest BCUT2D eigenvalue weighted by molar-refractivity contribution is 7.99. The Bertz CT molecular complexity index is 202. The van der Waals surface area contributed by atoms with Gasteiger partial charge in [-0.25, -0.2) is 0 Å². The fourth-order valence-corrected chi connectivity index (χ4v) is 4.01. The summed E-state index contributed by atoms with van der Waals surface area (Å²) in [5, 5.41) is 0.874. The van der Waals surface area contributed by atoms with Crippen LogP contribution in [0.25, 0.3) is 0 Å². The predicted molar refractivity (Wildman–Crippen MR) is 92.7 cm³/mol. The molecule has 0 spiro atoms. The Kier molecular flexibility index (Phi) is 11.9. The van der Waals surface area contributed by atoms with Gasteiger partial charge in [0, 0.05) is 11.9 Å². The van der Waals surface area contributed by atoms with Crippen molar-refractivity contribution in [3.63, 3.8) is 0 Å². The van der Waals surface area contributed by atoms with E-state index in [0.29, 0.717) is 6.10 Å². The minimum atomic E-state index is 0.596. The average Bonchev–Trinajstić information content (AvgIpc) is 2.49. The first-order chi connectivity index (χ1) is 9.83. The Hall–Kier alpha value is 0.310. The smallest absolute Gasteiger partial charge is 0.0575 e. The Balaban J connectivity index is 1.78. The zero-order chi connectivity index (χ0) is 14.5. The minimum Gasteiger partial charge on any atom is -0.378 e. The molecule has 0 amide bonds. The summed E-state index contributed by atoms with van der Waals surface area (Å²) >= 11 is 2.18. The van der Waals surface area contributed by atoms with Gasteiger partial charge in [-0.05, 0) is 44.3 Å². The van der Waals surface area contributed by atoms with Crippen molar-refractivity contribution in [2.75, 3.05) is 12.4 Å². The molecule has 0 aromatic heterocycles. The molecule has 1 nitrogen and oxygen atoms in total. The maximum atomic E-state index is 5.78. The molecule has 0 radical (unpaired) electrons. The van der Waals surface area contributed by atoms with Gasteiger partial charge >= 0.3 is 0 Å². The monoisotopic (exact) mass is 300 g/mol. The average molecular weight is 301 g/mol. The van der Waals surface area contributed by atoms with E-state index in [2.05, 4.69) is 25.6 Å². The van der Waals surface area contributed by atoms with Crippen LogP contribution in [-0.4, -0.2) is 23.7 Å². The van der Waals surface area contributed by atoms with Gasteiger partial charge in [0.25, 0.3) is 0 Å². The third-order valence-electron chi connectivity index (χ3n) is 4.31. The third-order valence-corrected chi connectivity index (χ3v) is 5.64. The number of hydrogen-bond donors (Lipinski definition) is 0. The molecule has 0 bridgehead atoms. The number of hydrogen-bond acceptors (Lipinski definition) is 2. The van der Waals surface area contributed by atoms with Crippen LogP contribution in [0.2, 0.25) is 0 Å². The van der Waals surface area contributed by atoms with Gasteiger partial charge in [-0.15, -0.1) is 0 Å². The summed E-state index contributed by atoms with van der Waals surface area (Å²) in [6.45, 7) is 5.69. The normalized spacial score (nSPS) is 21.0. The van der Waals surface area contributed by atoms with Crippen molar-refractivity contribution in [3.8, 4) is 0 Å². The van der Waals surface area contributed by atoms with Crippen molar-refractivity contribution >= 4 is 11.8 Å². The van der Waals surface area contributed by atoms with Crippen molar-refractivity contribution in [3.05, 3.63) is 0 Å². The van der Waals surface area contributed by atoms with E-state index in [9.17, 15) is 0 Å². The largest absolute Gasteiger partial charge is 0.378 e. The molecular formula is C18H36OS. The van der Waals surface area contributed by atoms with Crippen LogP contribution in [0.5, 0.6) is 0 Å². The highest BCUT2D eigenvalue weighted by Gasteiger charge is 2.12. The van der Waals surface area contributed by atoms with E-state index in [1.54, 1.807) is 0 Å². The lowest BCUT2D eigenvalue weighted by Crippen LogP contribution is -2.18. The summed E-state index contributed by atoms with van der Waals surface area (Å²) in [7, 11) is 0. The third kappa shape index (κ3) is 10.1. The lowest BCUT2D eigenvalue weighted by atomic mass is 10.0. The summed E-state index contributed by atoms with van der Waals surface area (Å²) in [6, 6.07) is 0. The van der Waals surface area contributed by atoms with Crippen molar-refractivity contribution < 1.29 is 4.74 Å². The zero-order valence-electron chi connectivity index (χ0n) is 13.9. The Labute approximate surface area is 131 Å². The van der Waals surface area contributed by atoms with Crippen molar-refractivity contribution in [2.24, 2.45) is 0 Å². The SMILES string of the molecule is CCCCC(C)SCCCCCCCC1CCCCO1. The van der Waals surface area contributed by atoms with Crippen molar-refractivity contribution in [2.45, 2.75) is 102 Å². The van der Waals surface area contributed by atoms with Crippen molar-refractivity contribution in [1.29, 1.82) is 0 Å². The van der Waals surface area contributed by atoms with Crippen LogP contribution < -0.4 is 0 Å². The van der Waals surface area contributed by atoms with Crippen LogP contribution >= 0.6 is 11.8 Å². The van der Waals surface area contributed by atoms with E-state index in [1.807, 2.05) is 0 Å². The molecule has 1 heterocycles. The Morgan fingerprint density at radius 3 is 2.60 bits per heavy atom. The Morgan fingerprint density at radius 1 is 1.05 bits per heavy atom. The molecule has 20 heavy (non-hydrogen) atoms. The zero-order valence-corrected chi connectivity index (χ0v) is 14.7. The van der Waals surface area contributed by atoms with Gasteiger partial charge in [-0.3, -0.25) is 0 Å². The molecule has 2 atom stereocenters. The molecule has 120 valence electrons. The van der Waals surface area contributed by atoms with Gasteiger partial charge in [-0.1, -0.05) is 52.4 Å². The van der Waals surface area contributed by atoms with Crippen molar-refractivity contribution in [1.82, 2.24) is 0 Å². The van der Waals surface area contributed by atoms with Gasteiger partial charge in [0.2, 0.25) is 0 Å². The van der Waals surface area contributed by atoms with Crippen LogP contribution in [0.15, 0.2) is 0 Å². The molecule has 1 fully saturated rings. The van der Waals surface area contributed by atoms with Crippen LogP contribution in [0, 0.1) is 0 Å². The lowest BCUT2D eigenvalue weighted by Gasteiger charge is -2.22. The molecule has 0 saturated carbocycles. The molecule has 0 N–H and O–H groups in total. The first-order valence-corrected chi connectivity index (χ1v) is 10.1. The van der Waals surface area contributed by atoms with E-state index in [-0.39, 0.29) is 0 Å². The van der Waals surface area contributed by atoms with Crippen LogP contribution in [-0.2, 0) is 4.74 Å². The van der Waals surface area contributed by atoms with E-state index in [4.69, 9.17) is 4.74 Å². The van der Waals surface area contributed by atoms with E-state index in [0.717, 1.165) is 11.9 Å². The number of thioether (sulfide) groups is 1. The number of ether oxygens (including phenoxy) is 1. The maximum absolute atomic E-state index is 5.78. The van der Waals surface area contributed by atoms with Gasteiger partial charge in [-0.2, -0.15) is 11.8 Å².